The molecule has 4 nitrogen and oxygen atoms in total. The van der Waals surface area contributed by atoms with E-state index in [1.165, 1.54) is 6.07 Å². The normalized spacial score (nSPS) is 18.5. The average molecular weight is 211 g/mol. The molecule has 1 aromatic carbocycles. The van der Waals surface area contributed by atoms with Gasteiger partial charge in [-0.1, -0.05) is 12.1 Å². The number of sulfone groups is 1. The predicted molar refractivity (Wildman–Crippen MR) is 51.9 cm³/mol. The van der Waals surface area contributed by atoms with Crippen LogP contribution in [0.1, 0.15) is 5.56 Å². The van der Waals surface area contributed by atoms with Gasteiger partial charge in [0.2, 0.25) is 5.91 Å². The summed E-state index contributed by atoms with van der Waals surface area (Å²) in [6.45, 7) is 1.76. The maximum Gasteiger partial charge on any atom is 0.240 e. The number of anilines is 1. The van der Waals surface area contributed by atoms with E-state index in [1.807, 2.05) is 0 Å². The van der Waals surface area contributed by atoms with Crippen LogP contribution in [0.2, 0.25) is 0 Å². The van der Waals surface area contributed by atoms with Crippen LogP contribution in [0.5, 0.6) is 0 Å². The molecule has 0 unspecified atom stereocenters. The number of hydrogen-bond donors (Lipinski definition) is 1. The summed E-state index contributed by atoms with van der Waals surface area (Å²) in [5.74, 6) is -0.921. The first-order valence-corrected chi connectivity index (χ1v) is 5.78. The molecule has 0 bridgehead atoms. The second kappa shape index (κ2) is 2.81. The van der Waals surface area contributed by atoms with Crippen molar-refractivity contribution < 1.29 is 13.2 Å². The van der Waals surface area contributed by atoms with Gasteiger partial charge in [-0.25, -0.2) is 8.42 Å². The van der Waals surface area contributed by atoms with Gasteiger partial charge < -0.3 is 5.32 Å². The SMILES string of the molecule is Cc1cccc2c1NC(=O)CS2(=O)=O. The highest BCUT2D eigenvalue weighted by Gasteiger charge is 2.29. The molecule has 74 valence electrons. The maximum absolute atomic E-state index is 11.6. The molecule has 0 aromatic heterocycles. The molecular formula is C9H9NO3S. The third kappa shape index (κ3) is 1.29. The first-order valence-electron chi connectivity index (χ1n) is 4.13. The van der Waals surface area contributed by atoms with E-state index in [0.29, 0.717) is 5.69 Å². The summed E-state index contributed by atoms with van der Waals surface area (Å²) in [6, 6.07) is 4.94. The molecule has 0 saturated heterocycles. The number of benzene rings is 1. The van der Waals surface area contributed by atoms with Gasteiger partial charge in [-0.2, -0.15) is 0 Å². The van der Waals surface area contributed by atoms with E-state index < -0.39 is 21.5 Å². The standard InChI is InChI=1S/C9H9NO3S/c1-6-3-2-4-7-9(6)10-8(11)5-14(7,12)13/h2-4H,5H2,1H3,(H,10,11). The molecule has 1 N–H and O–H groups in total. The number of carbonyl (C=O) groups is 1. The van der Waals surface area contributed by atoms with Crippen molar-refractivity contribution in [2.24, 2.45) is 0 Å². The Hall–Kier alpha value is -1.36. The number of rotatable bonds is 0. The lowest BCUT2D eigenvalue weighted by atomic mass is 10.2. The van der Waals surface area contributed by atoms with E-state index in [1.54, 1.807) is 19.1 Å². The zero-order valence-corrected chi connectivity index (χ0v) is 8.39. The van der Waals surface area contributed by atoms with Crippen LogP contribution in [0, 0.1) is 6.92 Å². The lowest BCUT2D eigenvalue weighted by Gasteiger charge is -2.18. The highest BCUT2D eigenvalue weighted by atomic mass is 32.2. The van der Waals surface area contributed by atoms with Gasteiger partial charge in [-0.15, -0.1) is 0 Å². The Kier molecular flexibility index (Phi) is 1.85. The monoisotopic (exact) mass is 211 g/mol. The van der Waals surface area contributed by atoms with Gasteiger partial charge in [0.1, 0.15) is 5.75 Å². The molecule has 0 aliphatic carbocycles. The Bertz CT molecular complexity index is 505. The van der Waals surface area contributed by atoms with E-state index in [0.717, 1.165) is 5.56 Å². The molecule has 0 fully saturated rings. The number of amides is 1. The van der Waals surface area contributed by atoms with Crippen LogP contribution in [-0.2, 0) is 14.6 Å². The Morgan fingerprint density at radius 3 is 2.79 bits per heavy atom. The van der Waals surface area contributed by atoms with Gasteiger partial charge in [0.15, 0.2) is 9.84 Å². The first-order chi connectivity index (χ1) is 6.50. The van der Waals surface area contributed by atoms with Gasteiger partial charge in [0.05, 0.1) is 10.6 Å². The molecule has 14 heavy (non-hydrogen) atoms. The smallest absolute Gasteiger partial charge is 0.240 e. The first kappa shape index (κ1) is 9.21. The molecule has 2 rings (SSSR count). The van der Waals surface area contributed by atoms with Crippen LogP contribution in [-0.4, -0.2) is 20.1 Å². The van der Waals surface area contributed by atoms with Crippen LogP contribution >= 0.6 is 0 Å². The molecule has 0 saturated carbocycles. The fourth-order valence-electron chi connectivity index (χ4n) is 1.49. The van der Waals surface area contributed by atoms with Crippen molar-refractivity contribution in [3.63, 3.8) is 0 Å². The summed E-state index contributed by atoms with van der Waals surface area (Å²) in [5.41, 5.74) is 1.18. The fourth-order valence-corrected chi connectivity index (χ4v) is 2.87. The summed E-state index contributed by atoms with van der Waals surface area (Å²) in [7, 11) is -3.43. The van der Waals surface area contributed by atoms with E-state index in [2.05, 4.69) is 5.32 Å². The summed E-state index contributed by atoms with van der Waals surface area (Å²) in [6.07, 6.45) is 0. The molecule has 1 amide bonds. The van der Waals surface area contributed by atoms with Crippen molar-refractivity contribution in [1.82, 2.24) is 0 Å². The van der Waals surface area contributed by atoms with Gasteiger partial charge in [0.25, 0.3) is 0 Å². The lowest BCUT2D eigenvalue weighted by molar-refractivity contribution is -0.114. The Balaban J connectivity index is 2.76. The molecule has 1 aliphatic rings. The molecule has 1 aliphatic heterocycles. The number of para-hydroxylation sites is 1. The number of aryl methyl sites for hydroxylation is 1. The number of carbonyl (C=O) groups excluding carboxylic acids is 1. The highest BCUT2D eigenvalue weighted by molar-refractivity contribution is 7.92. The van der Waals surface area contributed by atoms with Crippen molar-refractivity contribution in [3.05, 3.63) is 23.8 Å². The van der Waals surface area contributed by atoms with Gasteiger partial charge in [-0.05, 0) is 18.6 Å². The minimum absolute atomic E-state index is 0.220. The van der Waals surface area contributed by atoms with Crippen molar-refractivity contribution in [3.8, 4) is 0 Å². The quantitative estimate of drug-likeness (QED) is 0.687. The molecule has 5 heteroatoms. The summed E-state index contributed by atoms with van der Waals surface area (Å²) >= 11 is 0. The van der Waals surface area contributed by atoms with Gasteiger partial charge in [0, 0.05) is 0 Å². The maximum atomic E-state index is 11.6. The lowest BCUT2D eigenvalue weighted by Crippen LogP contribution is -2.29. The van der Waals surface area contributed by atoms with Gasteiger partial charge in [-0.3, -0.25) is 4.79 Å². The highest BCUT2D eigenvalue weighted by Crippen LogP contribution is 2.29. The number of hydrogen-bond acceptors (Lipinski definition) is 3. The third-order valence-corrected chi connectivity index (χ3v) is 3.81. The molecule has 0 radical (unpaired) electrons. The fraction of sp³-hybridized carbons (Fsp3) is 0.222. The van der Waals surface area contributed by atoms with Crippen molar-refractivity contribution in [1.29, 1.82) is 0 Å². The largest absolute Gasteiger partial charge is 0.324 e. The minimum atomic E-state index is -3.43. The second-order valence-corrected chi connectivity index (χ2v) is 5.21. The zero-order valence-electron chi connectivity index (χ0n) is 7.57. The van der Waals surface area contributed by atoms with E-state index >= 15 is 0 Å². The molecule has 1 heterocycles. The summed E-state index contributed by atoms with van der Waals surface area (Å²) < 4.78 is 23.1. The Morgan fingerprint density at radius 1 is 1.36 bits per heavy atom. The summed E-state index contributed by atoms with van der Waals surface area (Å²) in [4.78, 5) is 11.3. The minimum Gasteiger partial charge on any atom is -0.324 e. The van der Waals surface area contributed by atoms with Crippen LogP contribution in [0.25, 0.3) is 0 Å². The van der Waals surface area contributed by atoms with E-state index in [-0.39, 0.29) is 4.90 Å². The summed E-state index contributed by atoms with van der Waals surface area (Å²) in [5, 5.41) is 2.57. The van der Waals surface area contributed by atoms with Crippen LogP contribution in [0.4, 0.5) is 5.69 Å². The van der Waals surface area contributed by atoms with E-state index in [4.69, 9.17) is 0 Å². The number of fused-ring (bicyclic) bond motifs is 1. The molecule has 1 aromatic rings. The zero-order chi connectivity index (χ0) is 10.3. The van der Waals surface area contributed by atoms with Crippen molar-refractivity contribution in [2.75, 3.05) is 11.1 Å². The predicted octanol–water partition coefficient (Wildman–Crippen LogP) is 0.721. The van der Waals surface area contributed by atoms with E-state index in [9.17, 15) is 13.2 Å². The Labute approximate surface area is 81.9 Å². The van der Waals surface area contributed by atoms with Crippen LogP contribution in [0.15, 0.2) is 23.1 Å². The van der Waals surface area contributed by atoms with Gasteiger partial charge >= 0.3 is 0 Å². The molecule has 0 atom stereocenters. The van der Waals surface area contributed by atoms with Crippen LogP contribution in [0.3, 0.4) is 0 Å². The number of nitrogens with one attached hydrogen (secondary N) is 1. The van der Waals surface area contributed by atoms with Crippen molar-refractivity contribution >= 4 is 21.4 Å². The topological polar surface area (TPSA) is 63.2 Å². The second-order valence-electron chi connectivity index (χ2n) is 3.26. The molecule has 0 spiro atoms. The molecular weight excluding hydrogens is 202 g/mol. The Morgan fingerprint density at radius 2 is 2.07 bits per heavy atom. The average Bonchev–Trinajstić information content (AvgIpc) is 2.05. The van der Waals surface area contributed by atoms with Crippen molar-refractivity contribution in [2.45, 2.75) is 11.8 Å². The third-order valence-electron chi connectivity index (χ3n) is 2.16. The van der Waals surface area contributed by atoms with Crippen LogP contribution < -0.4 is 5.32 Å².